The number of nitrogens with one attached hydrogen (secondary N) is 6. The van der Waals surface area contributed by atoms with Gasteiger partial charge in [0.15, 0.2) is 0 Å². The summed E-state index contributed by atoms with van der Waals surface area (Å²) in [6.07, 6.45) is -3.26. The van der Waals surface area contributed by atoms with E-state index in [0.29, 0.717) is 6.42 Å². The van der Waals surface area contributed by atoms with Crippen LogP contribution < -0.4 is 37.6 Å². The number of amides is 5. The Hall–Kier alpha value is -6.77. The van der Waals surface area contributed by atoms with E-state index in [1.54, 1.807) is 13.8 Å². The van der Waals surface area contributed by atoms with Gasteiger partial charge in [0.25, 0.3) is 0 Å². The molecule has 1 aliphatic carbocycles. The Morgan fingerprint density at radius 3 is 1.83 bits per heavy atom. The fourth-order valence-corrected chi connectivity index (χ4v) is 6.07. The lowest BCUT2D eigenvalue weighted by Crippen LogP contribution is -2.61. The first-order valence-corrected chi connectivity index (χ1v) is 18.1. The number of rotatable bonds is 20. The van der Waals surface area contributed by atoms with Crippen molar-refractivity contribution in [2.45, 2.75) is 83.6 Å². The van der Waals surface area contributed by atoms with Gasteiger partial charge in [0.05, 0.1) is 34.8 Å². The number of aliphatic hydroxyl groups excluding tert-OH is 1. The minimum absolute atomic E-state index is 0.0298. The molecule has 2 aromatic carbocycles. The minimum Gasteiger partial charge on any atom is -0.507 e. The highest BCUT2D eigenvalue weighted by molar-refractivity contribution is 6.33. The van der Waals surface area contributed by atoms with Crippen molar-refractivity contribution in [2.75, 3.05) is 24.1 Å². The van der Waals surface area contributed by atoms with Crippen LogP contribution in [-0.2, 0) is 33.6 Å². The van der Waals surface area contributed by atoms with E-state index in [0.717, 1.165) is 19.1 Å². The summed E-state index contributed by atoms with van der Waals surface area (Å²) >= 11 is 0. The van der Waals surface area contributed by atoms with E-state index in [2.05, 4.69) is 31.9 Å². The zero-order valence-corrected chi connectivity index (χ0v) is 32.0. The van der Waals surface area contributed by atoms with Crippen molar-refractivity contribution in [3.05, 3.63) is 46.5 Å². The fourth-order valence-electron chi connectivity index (χ4n) is 6.07. The number of aliphatic hydroxyl groups is 1. The Balaban J connectivity index is 1.73. The molecule has 0 aromatic heterocycles. The van der Waals surface area contributed by atoms with E-state index >= 15 is 0 Å². The molecule has 0 bridgehead atoms. The summed E-state index contributed by atoms with van der Waals surface area (Å²) in [6.45, 7) is 5.26. The van der Waals surface area contributed by atoms with Crippen LogP contribution in [0.25, 0.3) is 0 Å². The lowest BCUT2D eigenvalue weighted by molar-refractivity contribution is -0.142. The number of phenolic OH excluding ortho intramolecular Hbond substituents is 2. The second-order valence-corrected chi connectivity index (χ2v) is 13.6. The molecule has 314 valence electrons. The molecule has 21 nitrogen and oxygen atoms in total. The van der Waals surface area contributed by atoms with Gasteiger partial charge in [-0.05, 0) is 43.5 Å². The minimum atomic E-state index is -1.84. The van der Waals surface area contributed by atoms with E-state index in [4.69, 9.17) is 5.73 Å². The molecule has 0 spiro atoms. The van der Waals surface area contributed by atoms with E-state index in [1.807, 2.05) is 0 Å². The smallest absolute Gasteiger partial charge is 0.305 e. The van der Waals surface area contributed by atoms with Crippen LogP contribution >= 0.6 is 0 Å². The van der Waals surface area contributed by atoms with Gasteiger partial charge in [0.2, 0.25) is 41.1 Å². The Morgan fingerprint density at radius 2 is 1.26 bits per heavy atom. The molecule has 5 amide bonds. The molecule has 0 fully saturated rings. The number of anilines is 2. The molecule has 3 rings (SSSR count). The van der Waals surface area contributed by atoms with Crippen LogP contribution in [0.4, 0.5) is 11.4 Å². The number of carboxylic acid groups (broad SMARTS) is 2. The second kappa shape index (κ2) is 19.9. The first-order chi connectivity index (χ1) is 27.2. The molecular formula is C37H47N7O14. The predicted octanol–water partition coefficient (Wildman–Crippen LogP) is -1.29. The molecule has 21 heteroatoms. The first kappa shape index (κ1) is 45.6. The van der Waals surface area contributed by atoms with Crippen LogP contribution in [0.15, 0.2) is 24.3 Å². The van der Waals surface area contributed by atoms with Gasteiger partial charge in [-0.1, -0.05) is 20.3 Å². The number of aromatic hydroxyl groups is 2. The number of fused-ring (bicyclic) bond motifs is 2. The highest BCUT2D eigenvalue weighted by atomic mass is 16.4. The van der Waals surface area contributed by atoms with Crippen LogP contribution in [0.3, 0.4) is 0 Å². The number of hydrogen-bond donors (Lipinski definition) is 12. The maximum Gasteiger partial charge on any atom is 0.305 e. The van der Waals surface area contributed by atoms with Gasteiger partial charge in [-0.2, -0.15) is 0 Å². The van der Waals surface area contributed by atoms with Crippen LogP contribution in [0.2, 0.25) is 0 Å². The van der Waals surface area contributed by atoms with Crippen molar-refractivity contribution in [3.63, 3.8) is 0 Å². The monoisotopic (exact) mass is 813 g/mol. The Kier molecular flexibility index (Phi) is 15.6. The number of hydrogen-bond acceptors (Lipinski definition) is 14. The summed E-state index contributed by atoms with van der Waals surface area (Å²) < 4.78 is 0. The highest BCUT2D eigenvalue weighted by Crippen LogP contribution is 2.41. The van der Waals surface area contributed by atoms with Crippen LogP contribution in [0.1, 0.15) is 85.2 Å². The Morgan fingerprint density at radius 1 is 0.690 bits per heavy atom. The Bertz CT molecular complexity index is 1980. The predicted molar refractivity (Wildman–Crippen MR) is 203 cm³/mol. The van der Waals surface area contributed by atoms with E-state index in [9.17, 15) is 68.7 Å². The summed E-state index contributed by atoms with van der Waals surface area (Å²) in [5.74, 6) is -10.6. The van der Waals surface area contributed by atoms with Gasteiger partial charge in [-0.15, -0.1) is 0 Å². The molecular weight excluding hydrogens is 766 g/mol. The van der Waals surface area contributed by atoms with Crippen molar-refractivity contribution in [2.24, 2.45) is 5.92 Å². The molecule has 1 aliphatic rings. The zero-order valence-electron chi connectivity index (χ0n) is 32.0. The molecule has 2 aromatic rings. The van der Waals surface area contributed by atoms with E-state index in [-0.39, 0.29) is 46.7 Å². The summed E-state index contributed by atoms with van der Waals surface area (Å²) in [6, 6.07) is -1.51. The number of carbonyl (C=O) groups is 9. The fraction of sp³-hybridized carbons (Fsp3) is 0.432. The quantitative estimate of drug-likeness (QED) is 0.0359. The maximum atomic E-state index is 13.5. The van der Waals surface area contributed by atoms with Crippen molar-refractivity contribution >= 4 is 64.4 Å². The molecule has 58 heavy (non-hydrogen) atoms. The number of aliphatic carboxylic acids is 2. The number of benzene rings is 2. The van der Waals surface area contributed by atoms with Crippen molar-refractivity contribution in [1.29, 1.82) is 0 Å². The van der Waals surface area contributed by atoms with Crippen LogP contribution in [0, 0.1) is 5.92 Å². The standard InChI is InChI=1S/C37H47N7O14/c1-5-15(2)30(41-17(4)46)36(57)42-20(8-11-24(49)50)35(56)44-31(16(3)45)37(58)43-21(14-25(51)52)34(55)40-13-12-39-19-7-10-23(48)29-27(19)33(54)28-22(47)9-6-18(38)26(28)32(29)53/h6-7,9-10,15-16,20-21,30-31,39,45,47-48H,5,8,11-14,38H2,1-4H3,(H,40,55)(H,41,46)(H,42,57)(H,43,58)(H,44,56)(H,49,50)(H,51,52)/t15?,16?,20-,21-,30?,31?/m0/s1. The second-order valence-electron chi connectivity index (χ2n) is 13.6. The third kappa shape index (κ3) is 11.2. The maximum absolute atomic E-state index is 13.5. The first-order valence-electron chi connectivity index (χ1n) is 18.1. The average molecular weight is 814 g/mol. The molecule has 0 saturated heterocycles. The number of carbonyl (C=O) groups excluding carboxylic acids is 7. The summed E-state index contributed by atoms with van der Waals surface area (Å²) in [4.78, 5) is 115. The highest BCUT2D eigenvalue weighted by Gasteiger charge is 2.38. The van der Waals surface area contributed by atoms with Crippen molar-refractivity contribution < 1.29 is 68.7 Å². The number of carboxylic acids is 2. The van der Waals surface area contributed by atoms with Crippen molar-refractivity contribution in [1.82, 2.24) is 26.6 Å². The molecule has 0 heterocycles. The number of nitrogen functional groups attached to an aromatic ring is 1. The third-order valence-electron chi connectivity index (χ3n) is 9.26. The third-order valence-corrected chi connectivity index (χ3v) is 9.26. The zero-order chi connectivity index (χ0) is 43.6. The van der Waals surface area contributed by atoms with E-state index in [1.165, 1.54) is 19.1 Å². The van der Waals surface area contributed by atoms with Gasteiger partial charge in [-0.25, -0.2) is 0 Å². The number of phenols is 2. The topological polar surface area (TPSA) is 353 Å². The SMILES string of the molecule is CCC(C)C(NC(C)=O)C(=O)N[C@@H](CCC(=O)O)C(=O)NC(C(=O)N[C@@H](CC(=O)O)C(=O)NCCNc1ccc(O)c2c1C(=O)c1c(O)ccc(N)c1C2=O)C(C)O. The lowest BCUT2D eigenvalue weighted by Gasteiger charge is -2.28. The summed E-state index contributed by atoms with van der Waals surface area (Å²) in [5.41, 5.74) is 4.54. The summed E-state index contributed by atoms with van der Waals surface area (Å²) in [5, 5.41) is 64.4. The van der Waals surface area contributed by atoms with Crippen LogP contribution in [-0.4, -0.2) is 122 Å². The van der Waals surface area contributed by atoms with Crippen LogP contribution in [0.5, 0.6) is 11.5 Å². The molecule has 0 saturated carbocycles. The molecule has 6 atom stereocenters. The van der Waals surface area contributed by atoms with Gasteiger partial charge >= 0.3 is 11.9 Å². The van der Waals surface area contributed by atoms with Gasteiger partial charge in [-0.3, -0.25) is 43.2 Å². The number of ketones is 2. The number of nitrogens with two attached hydrogens (primary N) is 1. The largest absolute Gasteiger partial charge is 0.507 e. The van der Waals surface area contributed by atoms with Crippen molar-refractivity contribution in [3.8, 4) is 11.5 Å². The average Bonchev–Trinajstić information content (AvgIpc) is 3.14. The Labute approximate surface area is 331 Å². The molecule has 0 aliphatic heterocycles. The molecule has 13 N–H and O–H groups in total. The van der Waals surface area contributed by atoms with E-state index < -0.39 is 120 Å². The summed E-state index contributed by atoms with van der Waals surface area (Å²) in [7, 11) is 0. The molecule has 4 unspecified atom stereocenters. The normalized spacial score (nSPS) is 14.8. The molecule has 0 radical (unpaired) electrons. The van der Waals surface area contributed by atoms with Gasteiger partial charge in [0.1, 0.15) is 35.7 Å². The lowest BCUT2D eigenvalue weighted by atomic mass is 9.81. The van der Waals surface area contributed by atoms with Gasteiger partial charge in [0, 0.05) is 37.8 Å². The van der Waals surface area contributed by atoms with Gasteiger partial charge < -0.3 is 63.2 Å².